The molecule has 1 aromatic rings. The summed E-state index contributed by atoms with van der Waals surface area (Å²) < 4.78 is 12.1. The topological polar surface area (TPSA) is 74.3 Å². The van der Waals surface area contributed by atoms with Crippen molar-refractivity contribution in [1.82, 2.24) is 15.2 Å². The van der Waals surface area contributed by atoms with Crippen LogP contribution in [0.15, 0.2) is 0 Å². The van der Waals surface area contributed by atoms with Gasteiger partial charge in [0.25, 0.3) is 0 Å². The number of halogens is 1. The number of methoxy groups -OCH3 is 1. The van der Waals surface area contributed by atoms with Gasteiger partial charge in [0, 0.05) is 33.2 Å². The average molecular weight is 291 g/mol. The van der Waals surface area contributed by atoms with E-state index in [-0.39, 0.29) is 6.04 Å². The van der Waals surface area contributed by atoms with Gasteiger partial charge in [0.2, 0.25) is 0 Å². The normalized spacial score (nSPS) is 12.9. The minimum absolute atomic E-state index is 0.106. The summed E-state index contributed by atoms with van der Waals surface area (Å²) in [4.78, 5) is 0. The predicted octanol–water partition coefficient (Wildman–Crippen LogP) is 0.809. The maximum absolute atomic E-state index is 6.22. The Balaban J connectivity index is 2.43. The van der Waals surface area contributed by atoms with E-state index in [0.717, 1.165) is 24.2 Å². The van der Waals surface area contributed by atoms with Crippen LogP contribution in [0, 0.1) is 6.92 Å². The molecule has 0 radical (unpaired) electrons. The number of aryl methyl sites for hydroxylation is 2. The Bertz CT molecular complexity index is 384. The lowest BCUT2D eigenvalue weighted by Crippen LogP contribution is -2.38. The summed E-state index contributed by atoms with van der Waals surface area (Å²) in [5.74, 6) is 5.57. The molecule has 0 aliphatic carbocycles. The van der Waals surface area contributed by atoms with Crippen molar-refractivity contribution in [2.24, 2.45) is 12.9 Å². The van der Waals surface area contributed by atoms with Gasteiger partial charge in [-0.15, -0.1) is 0 Å². The number of hydrogen-bond acceptors (Lipinski definition) is 5. The van der Waals surface area contributed by atoms with Gasteiger partial charge in [-0.3, -0.25) is 16.0 Å². The van der Waals surface area contributed by atoms with Crippen molar-refractivity contribution in [3.63, 3.8) is 0 Å². The van der Waals surface area contributed by atoms with Crippen molar-refractivity contribution in [3.8, 4) is 0 Å². The first-order chi connectivity index (χ1) is 9.10. The lowest BCUT2D eigenvalue weighted by molar-refractivity contribution is 0.0657. The van der Waals surface area contributed by atoms with Crippen LogP contribution in [0.5, 0.6) is 0 Å². The van der Waals surface area contributed by atoms with Crippen molar-refractivity contribution in [2.45, 2.75) is 25.8 Å². The van der Waals surface area contributed by atoms with Crippen molar-refractivity contribution < 1.29 is 9.47 Å². The van der Waals surface area contributed by atoms with E-state index in [9.17, 15) is 0 Å². The first-order valence-electron chi connectivity index (χ1n) is 6.31. The summed E-state index contributed by atoms with van der Waals surface area (Å²) in [5, 5.41) is 5.00. The maximum atomic E-state index is 6.22. The third-order valence-corrected chi connectivity index (χ3v) is 3.47. The Labute approximate surface area is 119 Å². The Hall–Kier alpha value is -0.660. The highest BCUT2D eigenvalue weighted by molar-refractivity contribution is 6.31. The van der Waals surface area contributed by atoms with Crippen LogP contribution in [0.3, 0.4) is 0 Å². The summed E-state index contributed by atoms with van der Waals surface area (Å²) in [7, 11) is 3.54. The molecule has 0 aliphatic rings. The average Bonchev–Trinajstić information content (AvgIpc) is 2.63. The molecule has 0 aliphatic heterocycles. The van der Waals surface area contributed by atoms with Gasteiger partial charge in [-0.2, -0.15) is 5.10 Å². The highest BCUT2D eigenvalue weighted by Gasteiger charge is 2.16. The SMILES string of the molecule is COCCOCCC(Cc1c(Cl)c(C)nn1C)NN. The number of hydrogen-bond donors (Lipinski definition) is 2. The molecule has 1 aromatic heterocycles. The molecule has 1 heterocycles. The number of nitrogens with two attached hydrogens (primary N) is 1. The fraction of sp³-hybridized carbons (Fsp3) is 0.750. The van der Waals surface area contributed by atoms with Crippen molar-refractivity contribution in [2.75, 3.05) is 26.9 Å². The molecule has 0 amide bonds. The summed E-state index contributed by atoms with van der Waals surface area (Å²) in [5.41, 5.74) is 4.62. The van der Waals surface area contributed by atoms with Gasteiger partial charge in [0.15, 0.2) is 0 Å². The number of nitrogens with zero attached hydrogens (tertiary/aromatic N) is 2. The Morgan fingerprint density at radius 2 is 2.16 bits per heavy atom. The van der Waals surface area contributed by atoms with Crippen molar-refractivity contribution in [1.29, 1.82) is 0 Å². The lowest BCUT2D eigenvalue weighted by Gasteiger charge is -2.16. The highest BCUT2D eigenvalue weighted by atomic mass is 35.5. The van der Waals surface area contributed by atoms with Gasteiger partial charge in [0.1, 0.15) is 0 Å². The van der Waals surface area contributed by atoms with Gasteiger partial charge in [-0.05, 0) is 13.3 Å². The molecule has 19 heavy (non-hydrogen) atoms. The standard InChI is InChI=1S/C12H23ClN4O2/c1-9-12(13)11(17(2)16-9)8-10(15-14)4-5-19-7-6-18-3/h10,15H,4-8,14H2,1-3H3. The zero-order valence-electron chi connectivity index (χ0n) is 11.8. The van der Waals surface area contributed by atoms with E-state index in [2.05, 4.69) is 10.5 Å². The molecule has 0 bridgehead atoms. The van der Waals surface area contributed by atoms with Crippen LogP contribution in [-0.4, -0.2) is 42.8 Å². The summed E-state index contributed by atoms with van der Waals surface area (Å²) in [6.07, 6.45) is 1.53. The molecule has 110 valence electrons. The molecule has 7 heteroatoms. The molecule has 0 spiro atoms. The largest absolute Gasteiger partial charge is 0.382 e. The molecular weight excluding hydrogens is 268 g/mol. The van der Waals surface area contributed by atoms with E-state index < -0.39 is 0 Å². The van der Waals surface area contributed by atoms with Crippen LogP contribution < -0.4 is 11.3 Å². The van der Waals surface area contributed by atoms with Gasteiger partial charge < -0.3 is 9.47 Å². The summed E-state index contributed by atoms with van der Waals surface area (Å²) in [6.45, 7) is 3.73. The molecule has 0 saturated carbocycles. The number of hydrazine groups is 1. The monoisotopic (exact) mass is 290 g/mol. The minimum atomic E-state index is 0.106. The molecular formula is C12H23ClN4O2. The Morgan fingerprint density at radius 1 is 1.42 bits per heavy atom. The van der Waals surface area contributed by atoms with E-state index in [0.29, 0.717) is 24.8 Å². The molecule has 3 N–H and O–H groups in total. The molecule has 1 unspecified atom stereocenters. The minimum Gasteiger partial charge on any atom is -0.382 e. The van der Waals surface area contributed by atoms with Crippen LogP contribution in [0.4, 0.5) is 0 Å². The van der Waals surface area contributed by atoms with Crippen LogP contribution in [0.1, 0.15) is 17.8 Å². The van der Waals surface area contributed by atoms with Crippen molar-refractivity contribution in [3.05, 3.63) is 16.4 Å². The third kappa shape index (κ3) is 5.08. The zero-order valence-corrected chi connectivity index (χ0v) is 12.5. The zero-order chi connectivity index (χ0) is 14.3. The molecule has 1 rings (SSSR count). The number of rotatable bonds is 9. The molecule has 0 fully saturated rings. The second-order valence-corrected chi connectivity index (χ2v) is 4.81. The summed E-state index contributed by atoms with van der Waals surface area (Å²) in [6, 6.07) is 0.106. The van der Waals surface area contributed by atoms with Crippen LogP contribution >= 0.6 is 11.6 Å². The van der Waals surface area contributed by atoms with Crippen LogP contribution in [0.25, 0.3) is 0 Å². The van der Waals surface area contributed by atoms with E-state index in [1.807, 2.05) is 14.0 Å². The molecule has 1 atom stereocenters. The number of ether oxygens (including phenoxy) is 2. The number of aromatic nitrogens is 2. The Kier molecular flexibility index (Phi) is 7.33. The number of nitrogens with one attached hydrogen (secondary N) is 1. The third-order valence-electron chi connectivity index (χ3n) is 2.98. The van der Waals surface area contributed by atoms with E-state index in [1.165, 1.54) is 0 Å². The second-order valence-electron chi connectivity index (χ2n) is 4.43. The van der Waals surface area contributed by atoms with Crippen LogP contribution in [-0.2, 0) is 22.9 Å². The smallest absolute Gasteiger partial charge is 0.0847 e. The van der Waals surface area contributed by atoms with Gasteiger partial charge in [0.05, 0.1) is 29.6 Å². The molecule has 0 aromatic carbocycles. The quantitative estimate of drug-likeness (QED) is 0.400. The maximum Gasteiger partial charge on any atom is 0.0847 e. The first-order valence-corrected chi connectivity index (χ1v) is 6.68. The summed E-state index contributed by atoms with van der Waals surface area (Å²) >= 11 is 6.22. The van der Waals surface area contributed by atoms with Gasteiger partial charge in [-0.1, -0.05) is 11.6 Å². The van der Waals surface area contributed by atoms with E-state index in [4.69, 9.17) is 26.9 Å². The van der Waals surface area contributed by atoms with Crippen molar-refractivity contribution >= 4 is 11.6 Å². The fourth-order valence-corrected chi connectivity index (χ4v) is 2.09. The van der Waals surface area contributed by atoms with Gasteiger partial charge >= 0.3 is 0 Å². The molecule has 0 saturated heterocycles. The highest BCUT2D eigenvalue weighted by Crippen LogP contribution is 2.21. The predicted molar refractivity (Wildman–Crippen MR) is 75.1 cm³/mol. The second kappa shape index (κ2) is 8.50. The lowest BCUT2D eigenvalue weighted by atomic mass is 10.1. The fourth-order valence-electron chi connectivity index (χ4n) is 1.85. The van der Waals surface area contributed by atoms with E-state index >= 15 is 0 Å². The first kappa shape index (κ1) is 16.4. The van der Waals surface area contributed by atoms with Crippen LogP contribution in [0.2, 0.25) is 5.02 Å². The van der Waals surface area contributed by atoms with E-state index in [1.54, 1.807) is 11.8 Å². The molecule has 6 nitrogen and oxygen atoms in total. The van der Waals surface area contributed by atoms with Gasteiger partial charge in [-0.25, -0.2) is 0 Å². The Morgan fingerprint density at radius 3 is 2.68 bits per heavy atom.